The van der Waals surface area contributed by atoms with Gasteiger partial charge in [0, 0.05) is 6.42 Å². The van der Waals surface area contributed by atoms with Gasteiger partial charge in [-0.3, -0.25) is 4.79 Å². The number of hydrogen-bond acceptors (Lipinski definition) is 18. The number of carbonyl (C=O) groups is 1. The molecule has 19 nitrogen and oxygen atoms in total. The molecule has 0 aromatic carbocycles. The number of rotatable bonds is 50. The molecule has 3 heterocycles. The second-order valence-electron chi connectivity index (χ2n) is 23.9. The van der Waals surface area contributed by atoms with E-state index in [0.717, 1.165) is 103 Å². The van der Waals surface area contributed by atoms with Crippen LogP contribution in [-0.2, 0) is 33.2 Å². The molecule has 508 valence electrons. The minimum atomic E-state index is -1.98. The Morgan fingerprint density at radius 3 is 1.23 bits per heavy atom. The van der Waals surface area contributed by atoms with E-state index in [9.17, 15) is 61.0 Å². The molecule has 3 aliphatic heterocycles. The van der Waals surface area contributed by atoms with Crippen molar-refractivity contribution in [2.24, 2.45) is 0 Å². The molecule has 3 fully saturated rings. The van der Waals surface area contributed by atoms with Gasteiger partial charge in [-0.15, -0.1) is 0 Å². The standard InChI is InChI=1S/C69H119NO18/c1-3-5-7-9-11-13-15-17-19-21-22-23-24-25-26-27-28-29-30-31-33-35-37-39-41-43-45-47-57(75)70-52(53(74)46-44-42-40-38-36-34-32-20-18-16-14-12-10-8-6-4-2)51-83-67-63(81)60(78)65(55(49-72)85-67)88-69-64(82)61(79)66(56(50-73)86-69)87-68-62(80)59(77)58(76)54(48-71)84-68/h5,7,11,13,17,19,22-23,25-26,28-29,31,33,52-56,58-69,71-74,76-82H,3-4,6,8-10,12,14-16,18,20-21,24,27,30,32,34-51H2,1-2H3,(H,70,75)/b7-5-,13-11-,19-17-,23-22-,26-25-,29-28-,33-31-. The van der Waals surface area contributed by atoms with Gasteiger partial charge in [-0.1, -0.05) is 221 Å². The van der Waals surface area contributed by atoms with Gasteiger partial charge in [-0.05, 0) is 70.6 Å². The van der Waals surface area contributed by atoms with Crippen LogP contribution in [0.4, 0.5) is 0 Å². The Hall–Kier alpha value is -3.03. The first kappa shape index (κ1) is 79.2. The number of amides is 1. The van der Waals surface area contributed by atoms with Crippen molar-refractivity contribution >= 4 is 5.91 Å². The lowest BCUT2D eigenvalue weighted by Gasteiger charge is -2.48. The number of nitrogens with one attached hydrogen (secondary N) is 1. The summed E-state index contributed by atoms with van der Waals surface area (Å²) in [4.78, 5) is 13.4. The van der Waals surface area contributed by atoms with Crippen LogP contribution >= 0.6 is 0 Å². The van der Waals surface area contributed by atoms with Gasteiger partial charge in [-0.25, -0.2) is 0 Å². The highest BCUT2D eigenvalue weighted by atomic mass is 16.8. The van der Waals surface area contributed by atoms with Crippen molar-refractivity contribution in [1.82, 2.24) is 5.32 Å². The molecule has 3 saturated heterocycles. The summed E-state index contributed by atoms with van der Waals surface area (Å²) in [6, 6.07) is -0.904. The smallest absolute Gasteiger partial charge is 0.220 e. The van der Waals surface area contributed by atoms with Gasteiger partial charge in [0.15, 0.2) is 18.9 Å². The summed E-state index contributed by atoms with van der Waals surface area (Å²) in [5.74, 6) is -0.265. The predicted octanol–water partition coefficient (Wildman–Crippen LogP) is 8.32. The monoisotopic (exact) mass is 1250 g/mol. The number of ether oxygens (including phenoxy) is 6. The highest BCUT2D eigenvalue weighted by Crippen LogP contribution is 2.33. The van der Waals surface area contributed by atoms with Crippen molar-refractivity contribution in [3.05, 3.63) is 85.1 Å². The number of carbonyl (C=O) groups excluding carboxylic acids is 1. The summed E-state index contributed by atoms with van der Waals surface area (Å²) < 4.78 is 34.4. The summed E-state index contributed by atoms with van der Waals surface area (Å²) in [6.45, 7) is 1.66. The normalized spacial score (nSPS) is 28.9. The van der Waals surface area contributed by atoms with Crippen LogP contribution in [0.25, 0.3) is 0 Å². The van der Waals surface area contributed by atoms with Crippen LogP contribution in [-0.4, -0.2) is 193 Å². The molecule has 88 heavy (non-hydrogen) atoms. The fourth-order valence-electron chi connectivity index (χ4n) is 11.0. The zero-order valence-electron chi connectivity index (χ0n) is 53.4. The summed E-state index contributed by atoms with van der Waals surface area (Å²) in [6.07, 6.45) is 36.5. The Balaban J connectivity index is 1.44. The predicted molar refractivity (Wildman–Crippen MR) is 341 cm³/mol. The molecule has 0 spiro atoms. The lowest BCUT2D eigenvalue weighted by atomic mass is 9.96. The van der Waals surface area contributed by atoms with Gasteiger partial charge in [0.1, 0.15) is 73.2 Å². The largest absolute Gasteiger partial charge is 0.394 e. The third-order valence-electron chi connectivity index (χ3n) is 16.5. The molecule has 0 saturated carbocycles. The number of allylic oxidation sites excluding steroid dienone is 14. The Labute approximate surface area is 527 Å². The van der Waals surface area contributed by atoms with E-state index in [-0.39, 0.29) is 18.9 Å². The van der Waals surface area contributed by atoms with E-state index in [4.69, 9.17) is 28.4 Å². The van der Waals surface area contributed by atoms with Gasteiger partial charge in [0.2, 0.25) is 5.91 Å². The van der Waals surface area contributed by atoms with E-state index in [2.05, 4.69) is 104 Å². The van der Waals surface area contributed by atoms with Crippen molar-refractivity contribution in [1.29, 1.82) is 0 Å². The minimum absolute atomic E-state index is 0.239. The van der Waals surface area contributed by atoms with Crippen molar-refractivity contribution in [2.45, 2.75) is 317 Å². The van der Waals surface area contributed by atoms with Crippen molar-refractivity contribution in [3.63, 3.8) is 0 Å². The zero-order valence-corrected chi connectivity index (χ0v) is 53.4. The lowest BCUT2D eigenvalue weighted by Crippen LogP contribution is -2.66. The minimum Gasteiger partial charge on any atom is -0.394 e. The molecule has 19 heteroatoms. The van der Waals surface area contributed by atoms with Gasteiger partial charge < -0.3 is 89.9 Å². The average molecular weight is 1250 g/mol. The zero-order chi connectivity index (χ0) is 64.0. The summed E-state index contributed by atoms with van der Waals surface area (Å²) in [5, 5.41) is 121. The van der Waals surface area contributed by atoms with Crippen LogP contribution in [0.3, 0.4) is 0 Å². The molecule has 1 amide bonds. The molecule has 0 radical (unpaired) electrons. The van der Waals surface area contributed by atoms with Crippen LogP contribution in [0.1, 0.15) is 213 Å². The van der Waals surface area contributed by atoms with Crippen molar-refractivity contribution in [3.8, 4) is 0 Å². The molecule has 0 aromatic heterocycles. The quantitative estimate of drug-likeness (QED) is 0.0201. The van der Waals surface area contributed by atoms with E-state index in [1.807, 2.05) is 0 Å². The Bertz CT molecular complexity index is 1930. The number of aliphatic hydroxyl groups excluding tert-OH is 11. The molecule has 0 aromatic rings. The van der Waals surface area contributed by atoms with E-state index in [0.29, 0.717) is 12.8 Å². The number of unbranched alkanes of at least 4 members (excludes halogenated alkanes) is 20. The summed E-state index contributed by atoms with van der Waals surface area (Å²) >= 11 is 0. The molecule has 3 rings (SSSR count). The van der Waals surface area contributed by atoms with E-state index in [1.54, 1.807) is 0 Å². The Kier molecular flexibility index (Phi) is 45.5. The van der Waals surface area contributed by atoms with Gasteiger partial charge >= 0.3 is 0 Å². The molecular formula is C69H119NO18. The first-order chi connectivity index (χ1) is 42.8. The molecular weight excluding hydrogens is 1130 g/mol. The maximum Gasteiger partial charge on any atom is 0.220 e. The third kappa shape index (κ3) is 32.5. The molecule has 0 bridgehead atoms. The van der Waals surface area contributed by atoms with E-state index < -0.39 is 124 Å². The summed E-state index contributed by atoms with van der Waals surface area (Å²) in [7, 11) is 0. The number of hydrogen-bond donors (Lipinski definition) is 12. The van der Waals surface area contributed by atoms with Gasteiger partial charge in [0.05, 0.1) is 38.6 Å². The molecule has 12 N–H and O–H groups in total. The van der Waals surface area contributed by atoms with Gasteiger partial charge in [-0.2, -0.15) is 0 Å². The molecule has 17 atom stereocenters. The Morgan fingerprint density at radius 1 is 0.420 bits per heavy atom. The first-order valence-corrected chi connectivity index (χ1v) is 33.8. The van der Waals surface area contributed by atoms with E-state index >= 15 is 0 Å². The maximum absolute atomic E-state index is 13.4. The highest BCUT2D eigenvalue weighted by molar-refractivity contribution is 5.76. The molecule has 3 aliphatic rings. The highest BCUT2D eigenvalue weighted by Gasteiger charge is 2.53. The van der Waals surface area contributed by atoms with Crippen molar-refractivity contribution in [2.75, 3.05) is 26.4 Å². The average Bonchev–Trinajstić information content (AvgIpc) is 3.39. The fraction of sp³-hybridized carbons (Fsp3) is 0.783. The van der Waals surface area contributed by atoms with Crippen LogP contribution in [0.2, 0.25) is 0 Å². The maximum atomic E-state index is 13.4. The van der Waals surface area contributed by atoms with Crippen LogP contribution in [0.15, 0.2) is 85.1 Å². The number of aliphatic hydroxyl groups is 11. The topological polar surface area (TPSA) is 307 Å². The second kappa shape index (κ2) is 50.5. The third-order valence-corrected chi connectivity index (χ3v) is 16.5. The van der Waals surface area contributed by atoms with Gasteiger partial charge in [0.25, 0.3) is 0 Å². The van der Waals surface area contributed by atoms with Crippen LogP contribution in [0.5, 0.6) is 0 Å². The Morgan fingerprint density at radius 2 is 0.784 bits per heavy atom. The summed E-state index contributed by atoms with van der Waals surface area (Å²) in [5.41, 5.74) is 0. The fourth-order valence-corrected chi connectivity index (χ4v) is 11.0. The molecule has 0 aliphatic carbocycles. The SMILES string of the molecule is CC/C=C\C/C=C\C/C=C\C/C=C\C/C=C\C/C=C\C/C=C\CCCCCCCC(=O)NC(COC1OC(CO)C(OC2OC(CO)C(OC3OC(CO)C(O)C(O)C3O)C(O)C2O)C(O)C1O)C(O)CCCCCCCCCCCCCCCCCC. The van der Waals surface area contributed by atoms with Crippen molar-refractivity contribution < 1.29 is 89.4 Å². The van der Waals surface area contributed by atoms with Crippen LogP contribution in [0, 0.1) is 0 Å². The lowest BCUT2D eigenvalue weighted by molar-refractivity contribution is -0.379. The first-order valence-electron chi connectivity index (χ1n) is 33.8. The van der Waals surface area contributed by atoms with Crippen LogP contribution < -0.4 is 5.32 Å². The second-order valence-corrected chi connectivity index (χ2v) is 23.9. The molecule has 17 unspecified atom stereocenters. The van der Waals surface area contributed by atoms with E-state index in [1.165, 1.54) is 77.0 Å².